The van der Waals surface area contributed by atoms with E-state index >= 15 is 0 Å². The summed E-state index contributed by atoms with van der Waals surface area (Å²) in [5, 5.41) is 12.2. The van der Waals surface area contributed by atoms with Gasteiger partial charge in [-0.15, -0.1) is 0 Å². The van der Waals surface area contributed by atoms with Crippen molar-refractivity contribution in [3.63, 3.8) is 0 Å². The summed E-state index contributed by atoms with van der Waals surface area (Å²) in [4.78, 5) is 26.3. The van der Waals surface area contributed by atoms with E-state index in [1.807, 2.05) is 35.9 Å². The molecule has 1 aromatic heterocycles. The molecule has 1 amide bonds. The average molecular weight is 518 g/mol. The van der Waals surface area contributed by atoms with Crippen LogP contribution in [0, 0.1) is 0 Å². The highest BCUT2D eigenvalue weighted by atomic mass is 19.4. The zero-order valence-corrected chi connectivity index (χ0v) is 20.8. The van der Waals surface area contributed by atoms with E-state index in [2.05, 4.69) is 15.3 Å². The van der Waals surface area contributed by atoms with Crippen LogP contribution in [0.2, 0.25) is 0 Å². The minimum atomic E-state index is -4.55. The van der Waals surface area contributed by atoms with Crippen molar-refractivity contribution in [1.29, 1.82) is 0 Å². The monoisotopic (exact) mass is 517 g/mol. The van der Waals surface area contributed by atoms with E-state index in [1.54, 1.807) is 12.4 Å². The van der Waals surface area contributed by atoms with Crippen LogP contribution in [0.5, 0.6) is 0 Å². The Morgan fingerprint density at radius 3 is 2.65 bits per heavy atom. The minimum Gasteiger partial charge on any atom is -0.395 e. The molecule has 1 fully saturated rings. The number of hydrogen-bond acceptors (Lipinski definition) is 7. The number of rotatable bonds is 7. The number of anilines is 1. The molecule has 2 aliphatic heterocycles. The van der Waals surface area contributed by atoms with E-state index in [0.29, 0.717) is 45.1 Å². The Balaban J connectivity index is 1.65. The molecule has 0 spiro atoms. The third kappa shape index (κ3) is 6.00. The summed E-state index contributed by atoms with van der Waals surface area (Å²) in [6.45, 7) is 4.28. The predicted molar refractivity (Wildman–Crippen MR) is 134 cm³/mol. The van der Waals surface area contributed by atoms with Gasteiger partial charge in [0.2, 0.25) is 0 Å². The number of carbonyl (C=O) groups excluding carboxylic acids is 1. The fraction of sp³-hybridized carbons (Fsp3) is 0.423. The highest BCUT2D eigenvalue weighted by Gasteiger charge is 2.41. The number of benzene rings is 1. The molecule has 1 atom stereocenters. The normalized spacial score (nSPS) is 20.7. The molecule has 2 aromatic rings. The molecule has 198 valence electrons. The van der Waals surface area contributed by atoms with E-state index in [1.165, 1.54) is 12.1 Å². The molecule has 1 saturated heterocycles. The van der Waals surface area contributed by atoms with Gasteiger partial charge in [-0.3, -0.25) is 14.7 Å². The van der Waals surface area contributed by atoms with E-state index < -0.39 is 23.3 Å². The molecule has 8 nitrogen and oxygen atoms in total. The Morgan fingerprint density at radius 2 is 2.00 bits per heavy atom. The van der Waals surface area contributed by atoms with Gasteiger partial charge >= 0.3 is 6.18 Å². The first kappa shape index (κ1) is 26.8. The molecule has 2 N–H and O–H groups in total. The number of carbonyl (C=O) groups is 1. The van der Waals surface area contributed by atoms with E-state index in [-0.39, 0.29) is 12.2 Å². The number of allylic oxidation sites excluding steroid dienone is 1. The van der Waals surface area contributed by atoms with Gasteiger partial charge in [-0.05, 0) is 48.4 Å². The second kappa shape index (κ2) is 11.0. The summed E-state index contributed by atoms with van der Waals surface area (Å²) in [5.41, 5.74) is 0.420. The fourth-order valence-corrected chi connectivity index (χ4v) is 4.51. The number of aliphatic imine (C=N–C) groups is 1. The fourth-order valence-electron chi connectivity index (χ4n) is 4.51. The number of ether oxygens (including phenoxy) is 1. The number of aliphatic hydroxyl groups excluding tert-OH is 1. The molecule has 1 unspecified atom stereocenters. The number of morpholine rings is 1. The van der Waals surface area contributed by atoms with Crippen LogP contribution in [0.1, 0.15) is 34.8 Å². The van der Waals surface area contributed by atoms with Crippen molar-refractivity contribution in [1.82, 2.24) is 15.2 Å². The minimum absolute atomic E-state index is 0.00650. The number of pyridine rings is 1. The molecule has 0 aliphatic carbocycles. The van der Waals surface area contributed by atoms with Crippen molar-refractivity contribution < 1.29 is 27.8 Å². The molecular formula is C26H30F3N5O3. The van der Waals surface area contributed by atoms with Crippen LogP contribution in [0.25, 0.3) is 5.57 Å². The molecule has 0 radical (unpaired) electrons. The topological polar surface area (TPSA) is 90.3 Å². The van der Waals surface area contributed by atoms with Crippen LogP contribution >= 0.6 is 0 Å². The predicted octanol–water partition coefficient (Wildman–Crippen LogP) is 3.19. The zero-order valence-electron chi connectivity index (χ0n) is 20.8. The van der Waals surface area contributed by atoms with Crippen LogP contribution in [-0.2, 0) is 10.9 Å². The Kier molecular flexibility index (Phi) is 7.96. The van der Waals surface area contributed by atoms with Gasteiger partial charge in [0.1, 0.15) is 11.5 Å². The van der Waals surface area contributed by atoms with Gasteiger partial charge in [0.05, 0.1) is 25.4 Å². The number of alkyl halides is 3. The van der Waals surface area contributed by atoms with E-state index in [4.69, 9.17) is 4.74 Å². The van der Waals surface area contributed by atoms with Crippen molar-refractivity contribution in [2.24, 2.45) is 4.99 Å². The Hall–Kier alpha value is -3.28. The molecule has 3 heterocycles. The standard InChI is InChI=1S/C26H30F3N5O3/c1-18-22(20-6-7-23(30-16-20)33(2)8-11-35)15-25(17-31-18,34-9-12-37-13-10-34)32-24(36)19-4-3-5-21(14-19)26(27,28)29/h3-7,14,16-17,35H,8-13,15H2,1-2H3,(H,32,36). The number of nitrogens with zero attached hydrogens (tertiary/aromatic N) is 4. The van der Waals surface area contributed by atoms with E-state index in [0.717, 1.165) is 29.0 Å². The molecule has 1 aromatic carbocycles. The molecule has 0 bridgehead atoms. The van der Waals surface area contributed by atoms with Crippen molar-refractivity contribution in [3.8, 4) is 0 Å². The molecule has 11 heteroatoms. The van der Waals surface area contributed by atoms with Gasteiger partial charge in [0, 0.05) is 56.8 Å². The Morgan fingerprint density at radius 1 is 1.24 bits per heavy atom. The molecule has 2 aliphatic rings. The van der Waals surface area contributed by atoms with Gasteiger partial charge in [-0.2, -0.15) is 13.2 Å². The first-order chi connectivity index (χ1) is 17.6. The molecule has 37 heavy (non-hydrogen) atoms. The lowest BCUT2D eigenvalue weighted by atomic mass is 9.90. The first-order valence-corrected chi connectivity index (χ1v) is 12.0. The smallest absolute Gasteiger partial charge is 0.395 e. The number of nitrogens with one attached hydrogen (secondary N) is 1. The summed E-state index contributed by atoms with van der Waals surface area (Å²) in [7, 11) is 1.83. The van der Waals surface area contributed by atoms with Gasteiger partial charge in [-0.25, -0.2) is 4.98 Å². The maximum atomic E-state index is 13.3. The van der Waals surface area contributed by atoms with Gasteiger partial charge in [-0.1, -0.05) is 6.07 Å². The number of aliphatic hydroxyl groups is 1. The third-order valence-electron chi connectivity index (χ3n) is 6.64. The summed E-state index contributed by atoms with van der Waals surface area (Å²) in [5.74, 6) is 0.0784. The van der Waals surface area contributed by atoms with E-state index in [9.17, 15) is 23.1 Å². The molecular weight excluding hydrogens is 487 g/mol. The maximum Gasteiger partial charge on any atom is 0.416 e. The van der Waals surface area contributed by atoms with Crippen LogP contribution in [-0.4, -0.2) is 79.3 Å². The maximum absolute atomic E-state index is 13.3. The first-order valence-electron chi connectivity index (χ1n) is 12.0. The lowest BCUT2D eigenvalue weighted by molar-refractivity contribution is -0.137. The third-order valence-corrected chi connectivity index (χ3v) is 6.64. The summed E-state index contributed by atoms with van der Waals surface area (Å²) in [6.07, 6.45) is -0.816. The van der Waals surface area contributed by atoms with Crippen molar-refractivity contribution >= 4 is 23.5 Å². The summed E-state index contributed by atoms with van der Waals surface area (Å²) < 4.78 is 45.3. The highest BCUT2D eigenvalue weighted by molar-refractivity contribution is 5.98. The van der Waals surface area contributed by atoms with Crippen LogP contribution in [0.3, 0.4) is 0 Å². The van der Waals surface area contributed by atoms with Crippen molar-refractivity contribution in [2.45, 2.75) is 25.2 Å². The quantitative estimate of drug-likeness (QED) is 0.587. The van der Waals surface area contributed by atoms with Gasteiger partial charge in [0.15, 0.2) is 0 Å². The number of halogens is 3. The number of likely N-dealkylation sites (N-methyl/N-ethyl adjacent to an activating group) is 1. The summed E-state index contributed by atoms with van der Waals surface area (Å²) in [6, 6.07) is 8.15. The van der Waals surface area contributed by atoms with Crippen LogP contribution in [0.4, 0.5) is 19.0 Å². The summed E-state index contributed by atoms with van der Waals surface area (Å²) >= 11 is 0. The number of hydrogen-bond donors (Lipinski definition) is 2. The zero-order chi connectivity index (χ0) is 26.6. The number of aromatic nitrogens is 1. The van der Waals surface area contributed by atoms with Crippen LogP contribution < -0.4 is 10.2 Å². The lowest BCUT2D eigenvalue weighted by Gasteiger charge is -2.45. The second-order valence-corrected chi connectivity index (χ2v) is 9.11. The van der Waals surface area contributed by atoms with Gasteiger partial charge in [0.25, 0.3) is 5.91 Å². The average Bonchev–Trinajstić information content (AvgIpc) is 2.90. The van der Waals surface area contributed by atoms with Crippen molar-refractivity contribution in [3.05, 3.63) is 65.0 Å². The van der Waals surface area contributed by atoms with Gasteiger partial charge < -0.3 is 20.1 Å². The second-order valence-electron chi connectivity index (χ2n) is 9.11. The van der Waals surface area contributed by atoms with Crippen molar-refractivity contribution in [2.75, 3.05) is 51.4 Å². The lowest BCUT2D eigenvalue weighted by Crippen LogP contribution is -2.65. The highest BCUT2D eigenvalue weighted by Crippen LogP contribution is 2.35. The molecule has 0 saturated carbocycles. The largest absolute Gasteiger partial charge is 0.416 e. The number of amides is 1. The van der Waals surface area contributed by atoms with Crippen LogP contribution in [0.15, 0.2) is 53.3 Å². The Bertz CT molecular complexity index is 1180. The Labute approximate surface area is 213 Å². The molecule has 4 rings (SSSR count). The SMILES string of the molecule is CC1=C(c2ccc(N(C)CCO)nc2)CC(NC(=O)c2cccc(C(F)(F)F)c2)(N2CCOCC2)C=N1.